The maximum absolute atomic E-state index is 12.6. The van der Waals surface area contributed by atoms with E-state index >= 15 is 0 Å². The molecule has 3 aliphatic rings. The Morgan fingerprint density at radius 3 is 2.15 bits per heavy atom. The Morgan fingerprint density at radius 2 is 1.62 bits per heavy atom. The van der Waals surface area contributed by atoms with E-state index in [4.69, 9.17) is 5.73 Å². The highest BCUT2D eigenvalue weighted by atomic mass is 35.5. The second kappa shape index (κ2) is 11.9. The number of carbonyl (C=O) groups is 1. The predicted molar refractivity (Wildman–Crippen MR) is 115 cm³/mol. The van der Waals surface area contributed by atoms with Crippen LogP contribution in [0, 0.1) is 17.8 Å². The third kappa shape index (κ3) is 6.39. The van der Waals surface area contributed by atoms with Gasteiger partial charge in [0, 0.05) is 50.7 Å². The minimum atomic E-state index is 0. The molecule has 3 fully saturated rings. The van der Waals surface area contributed by atoms with Crippen LogP contribution in [0.5, 0.6) is 0 Å². The SMILES string of the molecule is CC(CNC(=O)C1CC2CCCC(C1)C2N)N1CCN(C)CC1.Cl.Cl.Cl. The molecule has 0 spiro atoms. The van der Waals surface area contributed by atoms with Crippen molar-refractivity contribution < 1.29 is 4.79 Å². The molecule has 3 unspecified atom stereocenters. The summed E-state index contributed by atoms with van der Waals surface area (Å²) >= 11 is 0. The highest BCUT2D eigenvalue weighted by Crippen LogP contribution is 2.41. The van der Waals surface area contributed by atoms with Crippen LogP contribution in [0.2, 0.25) is 0 Å². The summed E-state index contributed by atoms with van der Waals surface area (Å²) in [5.74, 6) is 1.63. The van der Waals surface area contributed by atoms with Crippen molar-refractivity contribution in [2.45, 2.75) is 51.1 Å². The Balaban J connectivity index is 0.00000208. The number of piperazine rings is 1. The largest absolute Gasteiger partial charge is 0.354 e. The third-order valence-corrected chi connectivity index (χ3v) is 6.52. The lowest BCUT2D eigenvalue weighted by atomic mass is 9.65. The second-order valence-electron chi connectivity index (χ2n) is 8.13. The van der Waals surface area contributed by atoms with Gasteiger partial charge in [-0.3, -0.25) is 9.69 Å². The van der Waals surface area contributed by atoms with Gasteiger partial charge in [-0.1, -0.05) is 6.42 Å². The Hall–Kier alpha value is 0.220. The minimum Gasteiger partial charge on any atom is -0.354 e. The fourth-order valence-corrected chi connectivity index (χ4v) is 4.79. The topological polar surface area (TPSA) is 61.6 Å². The Bertz CT molecular complexity index is 407. The van der Waals surface area contributed by atoms with Gasteiger partial charge in [-0.2, -0.15) is 0 Å². The number of nitrogens with one attached hydrogen (secondary N) is 1. The number of hydrogen-bond acceptors (Lipinski definition) is 4. The van der Waals surface area contributed by atoms with Crippen LogP contribution in [0.3, 0.4) is 0 Å². The molecular weight excluding hydrogens is 395 g/mol. The van der Waals surface area contributed by atoms with E-state index in [9.17, 15) is 4.79 Å². The highest BCUT2D eigenvalue weighted by Gasteiger charge is 2.40. The summed E-state index contributed by atoms with van der Waals surface area (Å²) in [6, 6.07) is 0.773. The number of carbonyl (C=O) groups excluding carboxylic acids is 1. The molecule has 0 aromatic carbocycles. The predicted octanol–water partition coefficient (Wildman–Crippen LogP) is 2.16. The molecule has 1 aliphatic heterocycles. The number of nitrogens with zero attached hydrogens (tertiary/aromatic N) is 2. The summed E-state index contributed by atoms with van der Waals surface area (Å²) in [4.78, 5) is 17.5. The molecule has 3 N–H and O–H groups in total. The lowest BCUT2D eigenvalue weighted by Crippen LogP contribution is -2.53. The molecule has 2 bridgehead atoms. The van der Waals surface area contributed by atoms with Gasteiger partial charge in [0.2, 0.25) is 5.91 Å². The first kappa shape index (κ1) is 26.2. The molecule has 156 valence electrons. The number of hydrogen-bond donors (Lipinski definition) is 2. The molecule has 26 heavy (non-hydrogen) atoms. The average molecular weight is 432 g/mol. The van der Waals surface area contributed by atoms with E-state index in [2.05, 4.69) is 29.1 Å². The number of halogens is 3. The van der Waals surface area contributed by atoms with Crippen molar-refractivity contribution in [2.75, 3.05) is 39.8 Å². The van der Waals surface area contributed by atoms with Gasteiger partial charge in [0.1, 0.15) is 0 Å². The van der Waals surface area contributed by atoms with Crippen molar-refractivity contribution >= 4 is 43.1 Å². The van der Waals surface area contributed by atoms with Crippen LogP contribution >= 0.6 is 37.2 Å². The molecule has 8 heteroatoms. The molecule has 3 atom stereocenters. The molecule has 3 rings (SSSR count). The van der Waals surface area contributed by atoms with Crippen LogP contribution in [0.1, 0.15) is 39.0 Å². The van der Waals surface area contributed by atoms with Gasteiger partial charge in [-0.05, 0) is 51.5 Å². The van der Waals surface area contributed by atoms with Gasteiger partial charge >= 0.3 is 0 Å². The summed E-state index contributed by atoms with van der Waals surface area (Å²) in [7, 11) is 2.18. The first-order chi connectivity index (χ1) is 11.0. The van der Waals surface area contributed by atoms with Gasteiger partial charge in [-0.15, -0.1) is 37.2 Å². The fourth-order valence-electron chi connectivity index (χ4n) is 4.79. The van der Waals surface area contributed by atoms with Crippen molar-refractivity contribution in [3.63, 3.8) is 0 Å². The quantitative estimate of drug-likeness (QED) is 0.716. The van der Waals surface area contributed by atoms with E-state index < -0.39 is 0 Å². The number of fused-ring (bicyclic) bond motifs is 2. The van der Waals surface area contributed by atoms with E-state index in [1.165, 1.54) is 19.3 Å². The van der Waals surface area contributed by atoms with Crippen molar-refractivity contribution in [1.29, 1.82) is 0 Å². The second-order valence-corrected chi connectivity index (χ2v) is 8.13. The van der Waals surface area contributed by atoms with Crippen LogP contribution < -0.4 is 11.1 Å². The number of amides is 1. The molecule has 0 aromatic heterocycles. The summed E-state index contributed by atoms with van der Waals surface area (Å²) in [5.41, 5.74) is 6.34. The zero-order valence-corrected chi connectivity index (χ0v) is 18.5. The maximum Gasteiger partial charge on any atom is 0.223 e. The molecule has 2 saturated carbocycles. The van der Waals surface area contributed by atoms with Crippen LogP contribution in [-0.4, -0.2) is 67.6 Å². The van der Waals surface area contributed by atoms with E-state index in [-0.39, 0.29) is 49.0 Å². The van der Waals surface area contributed by atoms with Crippen molar-refractivity contribution in [3.8, 4) is 0 Å². The molecule has 1 heterocycles. The van der Waals surface area contributed by atoms with Crippen molar-refractivity contribution in [3.05, 3.63) is 0 Å². The number of likely N-dealkylation sites (N-methyl/N-ethyl adjacent to an activating group) is 1. The maximum atomic E-state index is 12.6. The Morgan fingerprint density at radius 1 is 1.08 bits per heavy atom. The summed E-state index contributed by atoms with van der Waals surface area (Å²) < 4.78 is 0. The first-order valence-electron chi connectivity index (χ1n) is 9.50. The van der Waals surface area contributed by atoms with Gasteiger partial charge in [0.05, 0.1) is 0 Å². The normalized spacial score (nSPS) is 33.0. The van der Waals surface area contributed by atoms with Gasteiger partial charge in [-0.25, -0.2) is 0 Å². The monoisotopic (exact) mass is 430 g/mol. The molecule has 1 saturated heterocycles. The smallest absolute Gasteiger partial charge is 0.223 e. The molecular formula is C18H37Cl3N4O. The zero-order chi connectivity index (χ0) is 16.4. The van der Waals surface area contributed by atoms with E-state index in [0.29, 0.717) is 23.9 Å². The van der Waals surface area contributed by atoms with E-state index in [1.54, 1.807) is 0 Å². The van der Waals surface area contributed by atoms with Crippen LogP contribution in [0.15, 0.2) is 0 Å². The third-order valence-electron chi connectivity index (χ3n) is 6.52. The van der Waals surface area contributed by atoms with Crippen LogP contribution in [0.25, 0.3) is 0 Å². The average Bonchev–Trinajstić information content (AvgIpc) is 2.52. The molecule has 0 aromatic rings. The van der Waals surface area contributed by atoms with Crippen molar-refractivity contribution in [1.82, 2.24) is 15.1 Å². The molecule has 1 amide bonds. The summed E-state index contributed by atoms with van der Waals surface area (Å²) in [6.45, 7) is 7.48. The first-order valence-corrected chi connectivity index (χ1v) is 9.50. The van der Waals surface area contributed by atoms with E-state index in [0.717, 1.165) is 45.6 Å². The lowest BCUT2D eigenvalue weighted by molar-refractivity contribution is -0.128. The van der Waals surface area contributed by atoms with E-state index in [1.807, 2.05) is 0 Å². The Labute approximate surface area is 177 Å². The van der Waals surface area contributed by atoms with Gasteiger partial charge < -0.3 is 16.0 Å². The standard InChI is InChI=1S/C18H34N4O.3ClH/c1-13(22-8-6-21(2)7-9-22)12-20-18(23)16-10-14-4-3-5-15(11-16)17(14)19;;;/h13-17H,3-12,19H2,1-2H3,(H,20,23);3*1H. The minimum absolute atomic E-state index is 0. The van der Waals surface area contributed by atoms with Gasteiger partial charge in [0.25, 0.3) is 0 Å². The number of rotatable bonds is 4. The number of nitrogens with two attached hydrogens (primary N) is 1. The zero-order valence-electron chi connectivity index (χ0n) is 16.1. The Kier molecular flexibility index (Phi) is 12.0. The molecule has 5 nitrogen and oxygen atoms in total. The molecule has 0 radical (unpaired) electrons. The summed E-state index contributed by atoms with van der Waals surface area (Å²) in [5, 5.41) is 3.23. The van der Waals surface area contributed by atoms with Crippen molar-refractivity contribution in [2.24, 2.45) is 23.5 Å². The highest BCUT2D eigenvalue weighted by molar-refractivity contribution is 5.86. The van der Waals surface area contributed by atoms with Crippen LogP contribution in [-0.2, 0) is 4.79 Å². The van der Waals surface area contributed by atoms with Gasteiger partial charge in [0.15, 0.2) is 0 Å². The summed E-state index contributed by atoms with van der Waals surface area (Å²) in [6.07, 6.45) is 5.76. The lowest BCUT2D eigenvalue weighted by Gasteiger charge is -2.43. The van der Waals surface area contributed by atoms with Crippen LogP contribution in [0.4, 0.5) is 0 Å². The fraction of sp³-hybridized carbons (Fsp3) is 0.944. The molecule has 2 aliphatic carbocycles.